The fourth-order valence-corrected chi connectivity index (χ4v) is 1.97. The molecule has 0 radical (unpaired) electrons. The fourth-order valence-electron chi connectivity index (χ4n) is 1.97. The quantitative estimate of drug-likeness (QED) is 0.854. The lowest BCUT2D eigenvalue weighted by molar-refractivity contribution is -0.131. The first-order valence-corrected chi connectivity index (χ1v) is 6.37. The molecule has 2 aromatic rings. The molecule has 0 aromatic heterocycles. The van der Waals surface area contributed by atoms with Crippen LogP contribution < -0.4 is 9.47 Å². The van der Waals surface area contributed by atoms with E-state index in [1.54, 1.807) is 20.3 Å². The number of hydrogen-bond donors (Lipinski definition) is 1. The highest BCUT2D eigenvalue weighted by Gasteiger charge is 2.05. The third kappa shape index (κ3) is 3.63. The van der Waals surface area contributed by atoms with Gasteiger partial charge < -0.3 is 14.6 Å². The van der Waals surface area contributed by atoms with Gasteiger partial charge in [0.2, 0.25) is 0 Å². The fraction of sp³-hybridized carbons (Fsp3) is 0.118. The van der Waals surface area contributed by atoms with E-state index in [1.807, 2.05) is 42.5 Å². The van der Waals surface area contributed by atoms with Gasteiger partial charge in [0, 0.05) is 6.08 Å². The zero-order valence-corrected chi connectivity index (χ0v) is 11.9. The van der Waals surface area contributed by atoms with Gasteiger partial charge in [0.15, 0.2) is 11.5 Å². The van der Waals surface area contributed by atoms with Gasteiger partial charge in [-0.05, 0) is 34.9 Å². The number of carboxylic acid groups (broad SMARTS) is 1. The van der Waals surface area contributed by atoms with E-state index in [2.05, 4.69) is 0 Å². The van der Waals surface area contributed by atoms with Crippen molar-refractivity contribution in [3.8, 4) is 22.6 Å². The monoisotopic (exact) mass is 284 g/mol. The number of aliphatic carboxylic acids is 1. The lowest BCUT2D eigenvalue weighted by Crippen LogP contribution is -1.90. The minimum absolute atomic E-state index is 0.671. The SMILES string of the molecule is COc1ccc(-c2ccc(C=CC(=O)O)cc2)cc1OC. The summed E-state index contributed by atoms with van der Waals surface area (Å²) >= 11 is 0. The van der Waals surface area contributed by atoms with E-state index in [0.29, 0.717) is 11.5 Å². The van der Waals surface area contributed by atoms with E-state index in [-0.39, 0.29) is 0 Å². The van der Waals surface area contributed by atoms with Gasteiger partial charge >= 0.3 is 5.97 Å². The molecule has 0 unspecified atom stereocenters. The third-order valence-electron chi connectivity index (χ3n) is 3.05. The topological polar surface area (TPSA) is 55.8 Å². The van der Waals surface area contributed by atoms with Crippen molar-refractivity contribution >= 4 is 12.0 Å². The zero-order chi connectivity index (χ0) is 15.2. The van der Waals surface area contributed by atoms with Crippen molar-refractivity contribution in [3.05, 3.63) is 54.1 Å². The molecule has 0 aliphatic heterocycles. The minimum Gasteiger partial charge on any atom is -0.493 e. The van der Waals surface area contributed by atoms with Crippen molar-refractivity contribution in [2.45, 2.75) is 0 Å². The largest absolute Gasteiger partial charge is 0.493 e. The summed E-state index contributed by atoms with van der Waals surface area (Å²) in [6.45, 7) is 0. The summed E-state index contributed by atoms with van der Waals surface area (Å²) in [6.07, 6.45) is 2.67. The number of carboxylic acids is 1. The highest BCUT2D eigenvalue weighted by atomic mass is 16.5. The number of ether oxygens (including phenoxy) is 2. The standard InChI is InChI=1S/C17H16O4/c1-20-15-9-8-14(11-16(15)21-2)13-6-3-12(4-7-13)5-10-17(18)19/h3-11H,1-2H3,(H,18,19). The molecule has 4 heteroatoms. The van der Waals surface area contributed by atoms with Crippen LogP contribution in [0.4, 0.5) is 0 Å². The summed E-state index contributed by atoms with van der Waals surface area (Å²) in [7, 11) is 3.20. The molecule has 0 amide bonds. The predicted molar refractivity (Wildman–Crippen MR) is 81.7 cm³/mol. The van der Waals surface area contributed by atoms with Crippen molar-refractivity contribution in [2.24, 2.45) is 0 Å². The average molecular weight is 284 g/mol. The Morgan fingerprint density at radius 2 is 1.57 bits per heavy atom. The second-order valence-corrected chi connectivity index (χ2v) is 4.36. The van der Waals surface area contributed by atoms with Gasteiger partial charge in [-0.3, -0.25) is 0 Å². The zero-order valence-electron chi connectivity index (χ0n) is 11.9. The molecule has 1 N–H and O–H groups in total. The normalized spacial score (nSPS) is 10.6. The van der Waals surface area contributed by atoms with Crippen LogP contribution in [0.3, 0.4) is 0 Å². The molecule has 0 spiro atoms. The Hall–Kier alpha value is -2.75. The molecule has 0 aliphatic rings. The van der Waals surface area contributed by atoms with Gasteiger partial charge in [0.1, 0.15) is 0 Å². The van der Waals surface area contributed by atoms with Gasteiger partial charge in [-0.1, -0.05) is 30.3 Å². The van der Waals surface area contributed by atoms with Crippen LogP contribution in [0.2, 0.25) is 0 Å². The molecule has 4 nitrogen and oxygen atoms in total. The first kappa shape index (κ1) is 14.7. The number of benzene rings is 2. The highest BCUT2D eigenvalue weighted by Crippen LogP contribution is 2.32. The Labute approximate surface area is 123 Å². The van der Waals surface area contributed by atoms with Crippen molar-refractivity contribution in [1.82, 2.24) is 0 Å². The first-order valence-electron chi connectivity index (χ1n) is 6.37. The molecule has 108 valence electrons. The van der Waals surface area contributed by atoms with Crippen LogP contribution in [0.25, 0.3) is 17.2 Å². The van der Waals surface area contributed by atoms with E-state index >= 15 is 0 Å². The number of rotatable bonds is 5. The Kier molecular flexibility index (Phi) is 4.61. The van der Waals surface area contributed by atoms with Crippen molar-refractivity contribution in [2.75, 3.05) is 14.2 Å². The highest BCUT2D eigenvalue weighted by molar-refractivity contribution is 5.85. The van der Waals surface area contributed by atoms with E-state index < -0.39 is 5.97 Å². The van der Waals surface area contributed by atoms with Gasteiger partial charge in [-0.15, -0.1) is 0 Å². The summed E-state index contributed by atoms with van der Waals surface area (Å²) < 4.78 is 10.5. The summed E-state index contributed by atoms with van der Waals surface area (Å²) in [5.41, 5.74) is 2.85. The van der Waals surface area contributed by atoms with Crippen molar-refractivity contribution < 1.29 is 19.4 Å². The maximum absolute atomic E-state index is 10.5. The molecule has 0 bridgehead atoms. The van der Waals surface area contributed by atoms with E-state index in [0.717, 1.165) is 22.8 Å². The molecule has 0 saturated carbocycles. The van der Waals surface area contributed by atoms with Crippen LogP contribution in [0.15, 0.2) is 48.5 Å². The lowest BCUT2D eigenvalue weighted by atomic mass is 10.0. The van der Waals surface area contributed by atoms with Gasteiger partial charge in [0.25, 0.3) is 0 Å². The van der Waals surface area contributed by atoms with Crippen LogP contribution >= 0.6 is 0 Å². The molecular formula is C17H16O4. The van der Waals surface area contributed by atoms with Crippen LogP contribution in [0.1, 0.15) is 5.56 Å². The Bertz CT molecular complexity index is 657. The molecular weight excluding hydrogens is 268 g/mol. The number of methoxy groups -OCH3 is 2. The number of hydrogen-bond acceptors (Lipinski definition) is 3. The maximum Gasteiger partial charge on any atom is 0.328 e. The van der Waals surface area contributed by atoms with E-state index in [9.17, 15) is 4.79 Å². The Morgan fingerprint density at radius 3 is 2.14 bits per heavy atom. The summed E-state index contributed by atoms with van der Waals surface area (Å²) in [6, 6.07) is 13.3. The predicted octanol–water partition coefficient (Wildman–Crippen LogP) is 3.47. The van der Waals surface area contributed by atoms with Crippen LogP contribution in [-0.2, 0) is 4.79 Å². The van der Waals surface area contributed by atoms with Crippen LogP contribution in [0.5, 0.6) is 11.5 Å². The summed E-state index contributed by atoms with van der Waals surface area (Å²) in [4.78, 5) is 10.5. The van der Waals surface area contributed by atoms with Gasteiger partial charge in [-0.2, -0.15) is 0 Å². The maximum atomic E-state index is 10.5. The molecule has 0 saturated heterocycles. The summed E-state index contributed by atoms with van der Waals surface area (Å²) in [5.74, 6) is 0.395. The Morgan fingerprint density at radius 1 is 0.952 bits per heavy atom. The first-order chi connectivity index (χ1) is 10.1. The van der Waals surface area contributed by atoms with Crippen LogP contribution in [0, 0.1) is 0 Å². The average Bonchev–Trinajstić information content (AvgIpc) is 2.52. The van der Waals surface area contributed by atoms with Crippen molar-refractivity contribution in [3.63, 3.8) is 0 Å². The molecule has 21 heavy (non-hydrogen) atoms. The third-order valence-corrected chi connectivity index (χ3v) is 3.05. The number of carbonyl (C=O) groups is 1. The van der Waals surface area contributed by atoms with Gasteiger partial charge in [-0.25, -0.2) is 4.79 Å². The lowest BCUT2D eigenvalue weighted by Gasteiger charge is -2.09. The summed E-state index contributed by atoms with van der Waals surface area (Å²) in [5, 5.41) is 8.60. The molecule has 0 fully saturated rings. The second-order valence-electron chi connectivity index (χ2n) is 4.36. The molecule has 2 rings (SSSR count). The minimum atomic E-state index is -0.959. The van der Waals surface area contributed by atoms with Crippen LogP contribution in [-0.4, -0.2) is 25.3 Å². The van der Waals surface area contributed by atoms with E-state index in [1.165, 1.54) is 0 Å². The molecule has 0 heterocycles. The van der Waals surface area contributed by atoms with Gasteiger partial charge in [0.05, 0.1) is 14.2 Å². The second kappa shape index (κ2) is 6.61. The molecule has 0 aliphatic carbocycles. The van der Waals surface area contributed by atoms with Crippen molar-refractivity contribution in [1.29, 1.82) is 0 Å². The Balaban J connectivity index is 2.28. The van der Waals surface area contributed by atoms with E-state index in [4.69, 9.17) is 14.6 Å². The smallest absolute Gasteiger partial charge is 0.328 e. The molecule has 0 atom stereocenters. The molecule has 2 aromatic carbocycles.